The summed E-state index contributed by atoms with van der Waals surface area (Å²) in [7, 11) is 0. The first kappa shape index (κ1) is 19.3. The number of Topliss-reactive ketones (excluding diaryl/α,β-unsaturated/α-hetero) is 1. The monoisotopic (exact) mass is 376 g/mol. The molecule has 27 heavy (non-hydrogen) atoms. The van der Waals surface area contributed by atoms with Gasteiger partial charge < -0.3 is 15.0 Å². The quantitative estimate of drug-likeness (QED) is 0.857. The van der Waals surface area contributed by atoms with Crippen LogP contribution in [0.5, 0.6) is 0 Å². The fraction of sp³-hybridized carbons (Fsp3) is 0.550. The number of ketones is 1. The molecule has 2 aliphatic rings. The van der Waals surface area contributed by atoms with Crippen LogP contribution in [0.3, 0.4) is 0 Å². The Bertz CT molecular complexity index is 672. The number of carbonyl (C=O) groups is 3. The van der Waals surface area contributed by atoms with Gasteiger partial charge in [-0.15, -0.1) is 0 Å². The van der Waals surface area contributed by atoms with Gasteiger partial charge in [0.25, 0.3) is 5.91 Å². The van der Waals surface area contributed by atoms with Crippen LogP contribution in [-0.2, 0) is 20.9 Å². The Kier molecular flexibility index (Phi) is 6.42. The molecule has 1 unspecified atom stereocenters. The number of halogens is 1. The number of rotatable bonds is 5. The molecule has 1 aromatic rings. The Hall–Kier alpha value is -2.44. The van der Waals surface area contributed by atoms with E-state index in [4.69, 9.17) is 4.74 Å². The molecule has 146 valence electrons. The highest BCUT2D eigenvalue weighted by molar-refractivity contribution is 5.85. The van der Waals surface area contributed by atoms with Gasteiger partial charge in [-0.3, -0.25) is 9.59 Å². The van der Waals surface area contributed by atoms with E-state index in [2.05, 4.69) is 5.32 Å². The lowest BCUT2D eigenvalue weighted by molar-refractivity contribution is -0.144. The first-order chi connectivity index (χ1) is 13.0. The zero-order valence-corrected chi connectivity index (χ0v) is 15.2. The van der Waals surface area contributed by atoms with Gasteiger partial charge in [-0.05, 0) is 24.8 Å². The highest BCUT2D eigenvalue weighted by atomic mass is 19.1. The Labute approximate surface area is 158 Å². The van der Waals surface area contributed by atoms with Crippen molar-refractivity contribution in [2.24, 2.45) is 5.92 Å². The third-order valence-electron chi connectivity index (χ3n) is 5.22. The third kappa shape index (κ3) is 5.28. The molecule has 1 heterocycles. The minimum absolute atomic E-state index is 0.0377. The second-order valence-electron chi connectivity index (χ2n) is 7.21. The van der Waals surface area contributed by atoms with Crippen LogP contribution in [0.15, 0.2) is 30.3 Å². The zero-order valence-electron chi connectivity index (χ0n) is 15.2. The number of alkyl halides is 1. The summed E-state index contributed by atoms with van der Waals surface area (Å²) in [5.41, 5.74) is 0.917. The number of likely N-dealkylation sites (tertiary alicyclic amines) is 1. The minimum atomic E-state index is -1.03. The van der Waals surface area contributed by atoms with Gasteiger partial charge >= 0.3 is 6.09 Å². The van der Waals surface area contributed by atoms with Crippen LogP contribution in [0.25, 0.3) is 0 Å². The van der Waals surface area contributed by atoms with Crippen molar-refractivity contribution < 1.29 is 23.5 Å². The predicted molar refractivity (Wildman–Crippen MR) is 96.6 cm³/mol. The van der Waals surface area contributed by atoms with Gasteiger partial charge in [0.15, 0.2) is 6.10 Å². The summed E-state index contributed by atoms with van der Waals surface area (Å²) in [6.45, 7) is 0.660. The molecular weight excluding hydrogens is 351 g/mol. The first-order valence-electron chi connectivity index (χ1n) is 9.46. The van der Waals surface area contributed by atoms with Gasteiger partial charge in [0.2, 0.25) is 0 Å². The summed E-state index contributed by atoms with van der Waals surface area (Å²) in [6.07, 6.45) is -0.590. The molecule has 3 rings (SSSR count). The van der Waals surface area contributed by atoms with Gasteiger partial charge in [0.05, 0.1) is 6.54 Å². The molecule has 6 nitrogen and oxygen atoms in total. The number of ether oxygens (including phenoxy) is 1. The van der Waals surface area contributed by atoms with Crippen molar-refractivity contribution in [3.8, 4) is 0 Å². The van der Waals surface area contributed by atoms with Crippen molar-refractivity contribution in [1.82, 2.24) is 10.2 Å². The standard InChI is InChI=1S/C20H25FN2O4/c21-16-10-11-23(13-16)19(25)18(15-6-8-17(24)9-7-15)27-20(26)22-12-14-4-2-1-3-5-14/h1-5,15-16,18H,6-13H2,(H,22,26)/t16-,18?/m0/s1. The van der Waals surface area contributed by atoms with Crippen LogP contribution in [-0.4, -0.2) is 48.0 Å². The van der Waals surface area contributed by atoms with E-state index in [9.17, 15) is 18.8 Å². The molecule has 1 aliphatic heterocycles. The molecule has 0 aromatic heterocycles. The Morgan fingerprint density at radius 1 is 1.19 bits per heavy atom. The van der Waals surface area contributed by atoms with E-state index < -0.39 is 18.4 Å². The number of hydrogen-bond acceptors (Lipinski definition) is 4. The molecule has 2 fully saturated rings. The highest BCUT2D eigenvalue weighted by Crippen LogP contribution is 2.28. The lowest BCUT2D eigenvalue weighted by Crippen LogP contribution is -2.46. The summed E-state index contributed by atoms with van der Waals surface area (Å²) in [5.74, 6) is -0.406. The van der Waals surface area contributed by atoms with Gasteiger partial charge in [-0.1, -0.05) is 30.3 Å². The second kappa shape index (κ2) is 8.97. The molecule has 1 aromatic carbocycles. The van der Waals surface area contributed by atoms with Crippen molar-refractivity contribution in [2.45, 2.75) is 50.9 Å². The average molecular weight is 376 g/mol. The Balaban J connectivity index is 1.62. The van der Waals surface area contributed by atoms with E-state index in [0.717, 1.165) is 5.56 Å². The van der Waals surface area contributed by atoms with E-state index in [-0.39, 0.29) is 24.2 Å². The van der Waals surface area contributed by atoms with Crippen molar-refractivity contribution in [2.75, 3.05) is 13.1 Å². The number of alkyl carbamates (subject to hydrolysis) is 1. The molecule has 2 amide bonds. The van der Waals surface area contributed by atoms with Crippen molar-refractivity contribution in [3.63, 3.8) is 0 Å². The third-order valence-corrected chi connectivity index (χ3v) is 5.22. The lowest BCUT2D eigenvalue weighted by Gasteiger charge is -2.31. The maximum absolute atomic E-state index is 13.5. The number of nitrogens with one attached hydrogen (secondary N) is 1. The summed E-state index contributed by atoms with van der Waals surface area (Å²) < 4.78 is 19.0. The minimum Gasteiger partial charge on any atom is -0.436 e. The molecule has 2 atom stereocenters. The van der Waals surface area contributed by atoms with Gasteiger partial charge in [-0.2, -0.15) is 0 Å². The Morgan fingerprint density at radius 2 is 1.89 bits per heavy atom. The SMILES string of the molecule is O=C1CCC(C(OC(=O)NCc2ccccc2)C(=O)N2CC[C@H](F)C2)CC1. The van der Waals surface area contributed by atoms with Crippen LogP contribution >= 0.6 is 0 Å². The van der Waals surface area contributed by atoms with E-state index in [1.54, 1.807) is 0 Å². The lowest BCUT2D eigenvalue weighted by atomic mass is 9.84. The number of hydrogen-bond donors (Lipinski definition) is 1. The summed E-state index contributed by atoms with van der Waals surface area (Å²) in [6, 6.07) is 9.38. The maximum Gasteiger partial charge on any atom is 0.408 e. The normalized spacial score (nSPS) is 21.7. The van der Waals surface area contributed by atoms with Crippen LogP contribution in [0.4, 0.5) is 9.18 Å². The molecule has 1 aliphatic carbocycles. The van der Waals surface area contributed by atoms with Crippen LogP contribution in [0, 0.1) is 5.92 Å². The summed E-state index contributed by atoms with van der Waals surface area (Å²) in [5, 5.41) is 2.66. The molecule has 0 bridgehead atoms. The largest absolute Gasteiger partial charge is 0.436 e. The molecule has 1 saturated carbocycles. The fourth-order valence-corrected chi connectivity index (χ4v) is 3.64. The molecule has 0 radical (unpaired) electrons. The van der Waals surface area contributed by atoms with Crippen LogP contribution in [0.1, 0.15) is 37.7 Å². The maximum atomic E-state index is 13.5. The summed E-state index contributed by atoms with van der Waals surface area (Å²) >= 11 is 0. The zero-order chi connectivity index (χ0) is 19.2. The number of nitrogens with zero attached hydrogens (tertiary/aromatic N) is 1. The van der Waals surface area contributed by atoms with Crippen molar-refractivity contribution in [3.05, 3.63) is 35.9 Å². The molecule has 7 heteroatoms. The van der Waals surface area contributed by atoms with E-state index in [1.807, 2.05) is 30.3 Å². The first-order valence-corrected chi connectivity index (χ1v) is 9.46. The predicted octanol–water partition coefficient (Wildman–Crippen LogP) is 2.61. The van der Waals surface area contributed by atoms with E-state index in [0.29, 0.717) is 45.2 Å². The molecular formula is C20H25FN2O4. The van der Waals surface area contributed by atoms with Crippen LogP contribution in [0.2, 0.25) is 0 Å². The Morgan fingerprint density at radius 3 is 2.52 bits per heavy atom. The average Bonchev–Trinajstić information content (AvgIpc) is 3.12. The highest BCUT2D eigenvalue weighted by Gasteiger charge is 2.39. The van der Waals surface area contributed by atoms with Crippen LogP contribution < -0.4 is 5.32 Å². The van der Waals surface area contributed by atoms with Gasteiger partial charge in [0, 0.05) is 31.8 Å². The molecule has 1 saturated heterocycles. The fourth-order valence-electron chi connectivity index (χ4n) is 3.64. The number of amides is 2. The topological polar surface area (TPSA) is 75.7 Å². The number of benzene rings is 1. The van der Waals surface area contributed by atoms with Crippen molar-refractivity contribution in [1.29, 1.82) is 0 Å². The van der Waals surface area contributed by atoms with Gasteiger partial charge in [-0.25, -0.2) is 9.18 Å². The second-order valence-corrected chi connectivity index (χ2v) is 7.21. The molecule has 0 spiro atoms. The smallest absolute Gasteiger partial charge is 0.408 e. The van der Waals surface area contributed by atoms with Crippen molar-refractivity contribution >= 4 is 17.8 Å². The number of carbonyl (C=O) groups excluding carboxylic acids is 3. The molecule has 1 N–H and O–H groups in total. The van der Waals surface area contributed by atoms with E-state index >= 15 is 0 Å². The van der Waals surface area contributed by atoms with Gasteiger partial charge in [0.1, 0.15) is 12.0 Å². The summed E-state index contributed by atoms with van der Waals surface area (Å²) in [4.78, 5) is 38.1. The van der Waals surface area contributed by atoms with E-state index in [1.165, 1.54) is 4.90 Å².